The summed E-state index contributed by atoms with van der Waals surface area (Å²) >= 11 is 0. The van der Waals surface area contributed by atoms with Gasteiger partial charge in [-0.05, 0) is 6.42 Å². The molecule has 0 aliphatic carbocycles. The van der Waals surface area contributed by atoms with Crippen molar-refractivity contribution in [3.63, 3.8) is 0 Å². The Balaban J connectivity index is 1.67. The molecule has 0 aromatic carbocycles. The number of ether oxygens (including phenoxy) is 1. The van der Waals surface area contributed by atoms with Crippen molar-refractivity contribution in [2.24, 2.45) is 0 Å². The van der Waals surface area contributed by atoms with Crippen LogP contribution in [0, 0.1) is 0 Å². The third-order valence-corrected chi connectivity index (χ3v) is 3.72. The molecule has 124 valence electrons. The SMILES string of the molecule is OCCNc1nc(NCCn2ccnc2)cc(C2CCOC2)n1. The van der Waals surface area contributed by atoms with Crippen LogP contribution in [0.1, 0.15) is 18.0 Å². The van der Waals surface area contributed by atoms with E-state index in [1.165, 1.54) is 0 Å². The zero-order valence-electron chi connectivity index (χ0n) is 13.0. The first-order chi connectivity index (χ1) is 11.3. The van der Waals surface area contributed by atoms with Gasteiger partial charge in [-0.3, -0.25) is 0 Å². The number of rotatable bonds is 8. The molecule has 1 aliphatic rings. The van der Waals surface area contributed by atoms with Crippen LogP contribution >= 0.6 is 0 Å². The van der Waals surface area contributed by atoms with Crippen molar-refractivity contribution in [2.45, 2.75) is 18.9 Å². The Labute approximate surface area is 134 Å². The molecule has 0 spiro atoms. The molecule has 3 N–H and O–H groups in total. The fourth-order valence-corrected chi connectivity index (χ4v) is 2.51. The summed E-state index contributed by atoms with van der Waals surface area (Å²) in [7, 11) is 0. The molecule has 0 saturated carbocycles. The molecule has 0 amide bonds. The van der Waals surface area contributed by atoms with Gasteiger partial charge in [0.15, 0.2) is 0 Å². The average molecular weight is 318 g/mol. The number of anilines is 2. The van der Waals surface area contributed by atoms with Gasteiger partial charge in [-0.15, -0.1) is 0 Å². The number of imidazole rings is 1. The minimum Gasteiger partial charge on any atom is -0.395 e. The molecule has 8 nitrogen and oxygen atoms in total. The van der Waals surface area contributed by atoms with Crippen LogP contribution in [0.3, 0.4) is 0 Å². The molecule has 3 rings (SSSR count). The third-order valence-electron chi connectivity index (χ3n) is 3.72. The van der Waals surface area contributed by atoms with Crippen molar-refractivity contribution in [1.29, 1.82) is 0 Å². The molecule has 0 bridgehead atoms. The van der Waals surface area contributed by atoms with Crippen molar-refractivity contribution in [3.05, 3.63) is 30.5 Å². The quantitative estimate of drug-likeness (QED) is 0.659. The summed E-state index contributed by atoms with van der Waals surface area (Å²) in [6.07, 6.45) is 6.46. The average Bonchev–Trinajstić information content (AvgIpc) is 3.26. The first-order valence-electron chi connectivity index (χ1n) is 7.86. The van der Waals surface area contributed by atoms with E-state index in [1.54, 1.807) is 12.5 Å². The van der Waals surface area contributed by atoms with Gasteiger partial charge in [-0.1, -0.05) is 0 Å². The van der Waals surface area contributed by atoms with Crippen LogP contribution in [0.15, 0.2) is 24.8 Å². The Morgan fingerprint density at radius 1 is 1.30 bits per heavy atom. The van der Waals surface area contributed by atoms with Gasteiger partial charge in [0.2, 0.25) is 5.95 Å². The lowest BCUT2D eigenvalue weighted by molar-refractivity contribution is 0.193. The van der Waals surface area contributed by atoms with Gasteiger partial charge < -0.3 is 25.0 Å². The van der Waals surface area contributed by atoms with Gasteiger partial charge in [0, 0.05) is 50.6 Å². The molecule has 1 aliphatic heterocycles. The van der Waals surface area contributed by atoms with Crippen LogP contribution in [0.2, 0.25) is 0 Å². The second-order valence-electron chi connectivity index (χ2n) is 5.44. The summed E-state index contributed by atoms with van der Waals surface area (Å²) in [4.78, 5) is 13.0. The summed E-state index contributed by atoms with van der Waals surface area (Å²) in [5.74, 6) is 1.62. The highest BCUT2D eigenvalue weighted by Crippen LogP contribution is 2.25. The van der Waals surface area contributed by atoms with Crippen LogP contribution in [-0.4, -0.2) is 57.5 Å². The predicted molar refractivity (Wildman–Crippen MR) is 86.5 cm³/mol. The van der Waals surface area contributed by atoms with Gasteiger partial charge in [-0.25, -0.2) is 9.97 Å². The minimum atomic E-state index is 0.0452. The number of aromatic nitrogens is 4. The predicted octanol–water partition coefficient (Wildman–Crippen LogP) is 0.693. The monoisotopic (exact) mass is 318 g/mol. The molecule has 0 radical (unpaired) electrons. The van der Waals surface area contributed by atoms with Crippen LogP contribution in [-0.2, 0) is 11.3 Å². The largest absolute Gasteiger partial charge is 0.395 e. The number of aliphatic hydroxyl groups is 1. The van der Waals surface area contributed by atoms with E-state index in [1.807, 2.05) is 16.8 Å². The van der Waals surface area contributed by atoms with Crippen LogP contribution in [0.5, 0.6) is 0 Å². The molecule has 8 heteroatoms. The second kappa shape index (κ2) is 7.89. The maximum Gasteiger partial charge on any atom is 0.224 e. The highest BCUT2D eigenvalue weighted by atomic mass is 16.5. The van der Waals surface area contributed by atoms with E-state index in [2.05, 4.69) is 25.6 Å². The molecule has 1 saturated heterocycles. The van der Waals surface area contributed by atoms with E-state index in [0.717, 1.165) is 37.6 Å². The standard InChI is InChI=1S/C15H22N6O2/c22-7-4-18-15-19-13(12-1-8-23-10-12)9-14(20-15)17-3-6-21-5-2-16-11-21/h2,5,9,11-12,22H,1,3-4,6-8,10H2,(H2,17,18,19,20). The first kappa shape index (κ1) is 15.7. The van der Waals surface area contributed by atoms with Gasteiger partial charge >= 0.3 is 0 Å². The number of nitrogens with zero attached hydrogens (tertiary/aromatic N) is 4. The Morgan fingerprint density at radius 3 is 3.00 bits per heavy atom. The number of hydrogen-bond acceptors (Lipinski definition) is 7. The third kappa shape index (κ3) is 4.40. The van der Waals surface area contributed by atoms with E-state index in [4.69, 9.17) is 9.84 Å². The summed E-state index contributed by atoms with van der Waals surface area (Å²) in [6, 6.07) is 1.98. The van der Waals surface area contributed by atoms with Crippen molar-refractivity contribution in [2.75, 3.05) is 43.5 Å². The Kier molecular flexibility index (Phi) is 5.38. The second-order valence-corrected chi connectivity index (χ2v) is 5.44. The Hall–Kier alpha value is -2.19. The van der Waals surface area contributed by atoms with E-state index < -0.39 is 0 Å². The van der Waals surface area contributed by atoms with E-state index >= 15 is 0 Å². The maximum atomic E-state index is 8.96. The topological polar surface area (TPSA) is 97.1 Å². The van der Waals surface area contributed by atoms with E-state index in [9.17, 15) is 0 Å². The highest BCUT2D eigenvalue weighted by molar-refractivity contribution is 5.43. The fourth-order valence-electron chi connectivity index (χ4n) is 2.51. The number of hydrogen-bond donors (Lipinski definition) is 3. The number of aliphatic hydroxyl groups excluding tert-OH is 1. The van der Waals surface area contributed by atoms with Gasteiger partial charge in [0.25, 0.3) is 0 Å². The van der Waals surface area contributed by atoms with Crippen molar-refractivity contribution in [1.82, 2.24) is 19.5 Å². The van der Waals surface area contributed by atoms with Crippen molar-refractivity contribution < 1.29 is 9.84 Å². The summed E-state index contributed by atoms with van der Waals surface area (Å²) in [6.45, 7) is 3.50. The fraction of sp³-hybridized carbons (Fsp3) is 0.533. The van der Waals surface area contributed by atoms with Crippen LogP contribution in [0.4, 0.5) is 11.8 Å². The Morgan fingerprint density at radius 2 is 2.26 bits per heavy atom. The minimum absolute atomic E-state index is 0.0452. The summed E-state index contributed by atoms with van der Waals surface area (Å²) in [5.41, 5.74) is 0.975. The molecule has 3 heterocycles. The normalized spacial score (nSPS) is 17.3. The van der Waals surface area contributed by atoms with Gasteiger partial charge in [-0.2, -0.15) is 4.98 Å². The maximum absolute atomic E-state index is 8.96. The zero-order valence-corrected chi connectivity index (χ0v) is 13.0. The zero-order chi connectivity index (χ0) is 15.9. The lowest BCUT2D eigenvalue weighted by Crippen LogP contribution is -2.15. The van der Waals surface area contributed by atoms with Gasteiger partial charge in [0.05, 0.1) is 25.2 Å². The molecule has 1 fully saturated rings. The van der Waals surface area contributed by atoms with Crippen molar-refractivity contribution >= 4 is 11.8 Å². The highest BCUT2D eigenvalue weighted by Gasteiger charge is 2.20. The molecular weight excluding hydrogens is 296 g/mol. The molecule has 2 aromatic heterocycles. The lowest BCUT2D eigenvalue weighted by Gasteiger charge is -2.13. The van der Waals surface area contributed by atoms with E-state index in [-0.39, 0.29) is 6.61 Å². The smallest absolute Gasteiger partial charge is 0.224 e. The van der Waals surface area contributed by atoms with Crippen molar-refractivity contribution in [3.8, 4) is 0 Å². The summed E-state index contributed by atoms with van der Waals surface area (Å²) in [5, 5.41) is 15.3. The molecule has 2 aromatic rings. The summed E-state index contributed by atoms with van der Waals surface area (Å²) < 4.78 is 7.46. The molecule has 23 heavy (non-hydrogen) atoms. The van der Waals surface area contributed by atoms with Gasteiger partial charge in [0.1, 0.15) is 5.82 Å². The number of nitrogens with one attached hydrogen (secondary N) is 2. The van der Waals surface area contributed by atoms with E-state index in [0.29, 0.717) is 25.0 Å². The molecular formula is C15H22N6O2. The Bertz CT molecular complexity index is 598. The lowest BCUT2D eigenvalue weighted by atomic mass is 10.0. The van der Waals surface area contributed by atoms with Crippen LogP contribution < -0.4 is 10.6 Å². The van der Waals surface area contributed by atoms with Crippen LogP contribution in [0.25, 0.3) is 0 Å². The first-order valence-corrected chi connectivity index (χ1v) is 7.86. The molecule has 1 unspecified atom stereocenters. The molecule has 1 atom stereocenters.